The van der Waals surface area contributed by atoms with E-state index < -0.39 is 5.79 Å². The molecule has 4 nitrogen and oxygen atoms in total. The summed E-state index contributed by atoms with van der Waals surface area (Å²) < 4.78 is 0. The second-order valence-electron chi connectivity index (χ2n) is 1.86. The second kappa shape index (κ2) is 2.76. The summed E-state index contributed by atoms with van der Waals surface area (Å²) in [5.41, 5.74) is 15.5. The van der Waals surface area contributed by atoms with E-state index in [9.17, 15) is 0 Å². The molecule has 0 radical (unpaired) electrons. The first kappa shape index (κ1) is 7.55. The van der Waals surface area contributed by atoms with Crippen LogP contribution in [0.4, 0.5) is 0 Å². The van der Waals surface area contributed by atoms with Crippen LogP contribution in [0.2, 0.25) is 0 Å². The highest BCUT2D eigenvalue weighted by Gasteiger charge is 2.08. The summed E-state index contributed by atoms with van der Waals surface area (Å²) in [4.78, 5) is 0. The first-order valence-electron chi connectivity index (χ1n) is 2.42. The van der Waals surface area contributed by atoms with Crippen LogP contribution in [0.25, 0.3) is 0 Å². The molecule has 0 unspecified atom stereocenters. The summed E-state index contributed by atoms with van der Waals surface area (Å²) in [6.45, 7) is 0. The molecule has 0 amide bonds. The van der Waals surface area contributed by atoms with E-state index in [1.54, 1.807) is 0 Å². The highest BCUT2D eigenvalue weighted by molar-refractivity contribution is 5.52. The molecule has 0 saturated heterocycles. The number of rotatable bonds is 3. The maximum Gasteiger partial charge on any atom is 0.116 e. The van der Waals surface area contributed by atoms with Gasteiger partial charge in [0.2, 0.25) is 0 Å². The standard InChI is InChI=1S/C4H12N4/c5-3-1-2-4(6,7)8/h3,5H,1-2,6-8H2. The lowest BCUT2D eigenvalue weighted by Gasteiger charge is -2.15. The molecule has 0 rings (SSSR count). The third kappa shape index (κ3) is 5.55. The van der Waals surface area contributed by atoms with E-state index in [1.807, 2.05) is 0 Å². The highest BCUT2D eigenvalue weighted by atomic mass is 15.1. The second-order valence-corrected chi connectivity index (χ2v) is 1.86. The van der Waals surface area contributed by atoms with Crippen molar-refractivity contribution in [2.24, 2.45) is 17.2 Å². The van der Waals surface area contributed by atoms with Gasteiger partial charge < -0.3 is 22.6 Å². The Morgan fingerprint density at radius 3 is 2.00 bits per heavy atom. The smallest absolute Gasteiger partial charge is 0.116 e. The minimum atomic E-state index is -1.10. The average Bonchev–Trinajstić information content (AvgIpc) is 1.59. The van der Waals surface area contributed by atoms with Crippen LogP contribution >= 0.6 is 0 Å². The third-order valence-corrected chi connectivity index (χ3v) is 0.722. The summed E-state index contributed by atoms with van der Waals surface area (Å²) >= 11 is 0. The van der Waals surface area contributed by atoms with Crippen molar-refractivity contribution in [3.05, 3.63) is 0 Å². The van der Waals surface area contributed by atoms with Crippen molar-refractivity contribution in [2.45, 2.75) is 18.6 Å². The van der Waals surface area contributed by atoms with Gasteiger partial charge in [-0.05, 0) is 19.1 Å². The van der Waals surface area contributed by atoms with E-state index in [4.69, 9.17) is 22.6 Å². The molecule has 0 aromatic heterocycles. The fraction of sp³-hybridized carbons (Fsp3) is 0.750. The SMILES string of the molecule is N=CCCC(N)(N)N. The molecule has 0 atom stereocenters. The topological polar surface area (TPSA) is 102 Å². The van der Waals surface area contributed by atoms with Crippen molar-refractivity contribution in [3.8, 4) is 0 Å². The molecule has 0 heterocycles. The number of hydrogen-bond acceptors (Lipinski definition) is 4. The molecule has 0 aliphatic rings. The Morgan fingerprint density at radius 1 is 1.38 bits per heavy atom. The molecule has 0 aromatic rings. The Labute approximate surface area is 48.5 Å². The monoisotopic (exact) mass is 116 g/mol. The van der Waals surface area contributed by atoms with Crippen LogP contribution in [0.3, 0.4) is 0 Å². The van der Waals surface area contributed by atoms with Crippen LogP contribution in [0.15, 0.2) is 0 Å². The summed E-state index contributed by atoms with van der Waals surface area (Å²) in [5.74, 6) is -1.10. The van der Waals surface area contributed by atoms with Crippen LogP contribution in [0.5, 0.6) is 0 Å². The lowest BCUT2D eigenvalue weighted by atomic mass is 10.2. The molecular formula is C4H12N4. The Balaban J connectivity index is 3.24. The predicted octanol–water partition coefficient (Wildman–Crippen LogP) is -1.05. The van der Waals surface area contributed by atoms with Crippen LogP contribution in [-0.4, -0.2) is 12.0 Å². The Morgan fingerprint density at radius 2 is 1.88 bits per heavy atom. The fourth-order valence-electron chi connectivity index (χ4n) is 0.322. The number of hydrogen-bond donors (Lipinski definition) is 4. The van der Waals surface area contributed by atoms with Crippen molar-refractivity contribution in [1.82, 2.24) is 0 Å². The molecule has 0 bridgehead atoms. The molecule has 0 aliphatic heterocycles. The molecule has 4 heteroatoms. The number of nitrogens with one attached hydrogen (secondary N) is 1. The van der Waals surface area contributed by atoms with Crippen molar-refractivity contribution < 1.29 is 0 Å². The Bertz CT molecular complexity index is 72.6. The van der Waals surface area contributed by atoms with Crippen molar-refractivity contribution in [2.75, 3.05) is 0 Å². The van der Waals surface area contributed by atoms with E-state index >= 15 is 0 Å². The Kier molecular flexibility index (Phi) is 2.60. The lowest BCUT2D eigenvalue weighted by Crippen LogP contribution is -2.57. The number of nitrogens with two attached hydrogens (primary N) is 3. The Hall–Kier alpha value is -0.450. The minimum Gasteiger partial charge on any atom is -0.313 e. The van der Waals surface area contributed by atoms with Crippen molar-refractivity contribution in [3.63, 3.8) is 0 Å². The van der Waals surface area contributed by atoms with E-state index in [0.29, 0.717) is 12.8 Å². The van der Waals surface area contributed by atoms with Crippen molar-refractivity contribution in [1.29, 1.82) is 5.41 Å². The third-order valence-electron chi connectivity index (χ3n) is 0.722. The van der Waals surface area contributed by atoms with Gasteiger partial charge in [-0.2, -0.15) is 0 Å². The minimum absolute atomic E-state index is 0.455. The van der Waals surface area contributed by atoms with Crippen LogP contribution in [0, 0.1) is 5.41 Å². The largest absolute Gasteiger partial charge is 0.313 e. The van der Waals surface area contributed by atoms with Crippen LogP contribution in [-0.2, 0) is 0 Å². The molecule has 0 aromatic carbocycles. The normalized spacial score (nSPS) is 11.4. The summed E-state index contributed by atoms with van der Waals surface area (Å²) in [5, 5.41) is 6.59. The maximum atomic E-state index is 6.59. The highest BCUT2D eigenvalue weighted by Crippen LogP contribution is 1.90. The van der Waals surface area contributed by atoms with E-state index in [-0.39, 0.29) is 0 Å². The summed E-state index contributed by atoms with van der Waals surface area (Å²) in [6.07, 6.45) is 2.24. The van der Waals surface area contributed by atoms with Gasteiger partial charge in [0, 0.05) is 0 Å². The lowest BCUT2D eigenvalue weighted by molar-refractivity contribution is 0.435. The van der Waals surface area contributed by atoms with Gasteiger partial charge in [0.25, 0.3) is 0 Å². The molecular weight excluding hydrogens is 104 g/mol. The van der Waals surface area contributed by atoms with Gasteiger partial charge in [-0.25, -0.2) is 0 Å². The van der Waals surface area contributed by atoms with Gasteiger partial charge in [0.15, 0.2) is 0 Å². The summed E-state index contributed by atoms with van der Waals surface area (Å²) in [6, 6.07) is 0. The van der Waals surface area contributed by atoms with Gasteiger partial charge >= 0.3 is 0 Å². The van der Waals surface area contributed by atoms with Gasteiger partial charge in [0.1, 0.15) is 5.79 Å². The van der Waals surface area contributed by atoms with Gasteiger partial charge in [-0.15, -0.1) is 0 Å². The predicted molar refractivity (Wildman–Crippen MR) is 33.3 cm³/mol. The quantitative estimate of drug-likeness (QED) is 0.279. The zero-order valence-electron chi connectivity index (χ0n) is 4.72. The molecule has 48 valence electrons. The van der Waals surface area contributed by atoms with E-state index in [0.717, 1.165) is 0 Å². The molecule has 0 aliphatic carbocycles. The first-order chi connectivity index (χ1) is 3.56. The van der Waals surface area contributed by atoms with Crippen LogP contribution < -0.4 is 17.2 Å². The van der Waals surface area contributed by atoms with E-state index in [1.165, 1.54) is 6.21 Å². The summed E-state index contributed by atoms with van der Waals surface area (Å²) in [7, 11) is 0. The first-order valence-corrected chi connectivity index (χ1v) is 2.42. The molecule has 0 spiro atoms. The van der Waals surface area contributed by atoms with Crippen LogP contribution in [0.1, 0.15) is 12.8 Å². The van der Waals surface area contributed by atoms with Gasteiger partial charge in [-0.3, -0.25) is 0 Å². The maximum absolute atomic E-state index is 6.59. The molecule has 0 fully saturated rings. The fourth-order valence-corrected chi connectivity index (χ4v) is 0.322. The van der Waals surface area contributed by atoms with Gasteiger partial charge in [0.05, 0.1) is 0 Å². The average molecular weight is 116 g/mol. The molecule has 7 N–H and O–H groups in total. The molecule has 8 heavy (non-hydrogen) atoms. The van der Waals surface area contributed by atoms with Gasteiger partial charge in [-0.1, -0.05) is 0 Å². The molecule has 0 saturated carbocycles. The zero-order valence-corrected chi connectivity index (χ0v) is 4.72. The van der Waals surface area contributed by atoms with Crippen molar-refractivity contribution >= 4 is 6.21 Å². The zero-order chi connectivity index (χ0) is 6.62. The van der Waals surface area contributed by atoms with E-state index in [2.05, 4.69) is 0 Å².